The molecule has 4 rings (SSSR count). The molecule has 16 heavy (non-hydrogen) atoms. The maximum absolute atomic E-state index is 12.1. The molecule has 2 heterocycles. The Hall–Kier alpha value is -1.51. The molecule has 1 aromatic carbocycles. The van der Waals surface area contributed by atoms with Crippen molar-refractivity contribution in [1.82, 2.24) is 0 Å². The van der Waals surface area contributed by atoms with E-state index < -0.39 is 0 Å². The number of aromatic hydroxyl groups is 1. The van der Waals surface area contributed by atoms with Crippen molar-refractivity contribution in [3.8, 4) is 5.75 Å². The highest BCUT2D eigenvalue weighted by molar-refractivity contribution is 5.97. The van der Waals surface area contributed by atoms with E-state index in [2.05, 4.69) is 0 Å². The molecule has 0 radical (unpaired) electrons. The lowest BCUT2D eigenvalue weighted by Crippen LogP contribution is -2.52. The lowest BCUT2D eigenvalue weighted by Gasteiger charge is -2.44. The summed E-state index contributed by atoms with van der Waals surface area (Å²) >= 11 is 0. The van der Waals surface area contributed by atoms with Crippen molar-refractivity contribution in [1.29, 1.82) is 0 Å². The first-order chi connectivity index (χ1) is 7.75. The van der Waals surface area contributed by atoms with Gasteiger partial charge in [-0.15, -0.1) is 0 Å². The quantitative estimate of drug-likeness (QED) is 0.784. The fourth-order valence-electron chi connectivity index (χ4n) is 2.91. The number of hydrogen-bond donors (Lipinski definition) is 1. The zero-order valence-electron chi connectivity index (χ0n) is 9.10. The van der Waals surface area contributed by atoms with E-state index in [9.17, 15) is 9.90 Å². The van der Waals surface area contributed by atoms with Crippen molar-refractivity contribution >= 4 is 11.6 Å². The minimum absolute atomic E-state index is 0.235. The van der Waals surface area contributed by atoms with Crippen LogP contribution in [0.15, 0.2) is 24.3 Å². The van der Waals surface area contributed by atoms with Gasteiger partial charge in [-0.05, 0) is 49.9 Å². The van der Waals surface area contributed by atoms with Crippen molar-refractivity contribution in [2.24, 2.45) is 5.92 Å². The maximum Gasteiger partial charge on any atom is 0.230 e. The highest BCUT2D eigenvalue weighted by atomic mass is 16.3. The van der Waals surface area contributed by atoms with E-state index in [1.165, 1.54) is 0 Å². The van der Waals surface area contributed by atoms with Gasteiger partial charge in [0.15, 0.2) is 0 Å². The van der Waals surface area contributed by atoms with Crippen LogP contribution in [-0.2, 0) is 4.79 Å². The second-order valence-corrected chi connectivity index (χ2v) is 4.73. The van der Waals surface area contributed by atoms with Crippen LogP contribution in [0.4, 0.5) is 5.69 Å². The van der Waals surface area contributed by atoms with Crippen molar-refractivity contribution in [2.75, 3.05) is 4.90 Å². The average Bonchev–Trinajstić information content (AvgIpc) is 2.32. The summed E-state index contributed by atoms with van der Waals surface area (Å²) in [6.45, 7) is 0. The molecule has 0 atom stereocenters. The normalized spacial score (nSPS) is 28.5. The molecule has 3 nitrogen and oxygen atoms in total. The third kappa shape index (κ3) is 1.39. The number of piperidine rings is 2. The molecule has 2 saturated heterocycles. The number of benzene rings is 1. The van der Waals surface area contributed by atoms with Crippen LogP contribution in [0.25, 0.3) is 0 Å². The van der Waals surface area contributed by atoms with E-state index >= 15 is 0 Å². The number of carbonyl (C=O) groups is 1. The molecule has 0 spiro atoms. The van der Waals surface area contributed by atoms with E-state index in [0.29, 0.717) is 6.04 Å². The van der Waals surface area contributed by atoms with Gasteiger partial charge in [0.25, 0.3) is 0 Å². The SMILES string of the molecule is O=C1C2CCC(CC2)N1c1ccc(O)cc1. The summed E-state index contributed by atoms with van der Waals surface area (Å²) in [4.78, 5) is 14.1. The summed E-state index contributed by atoms with van der Waals surface area (Å²) in [7, 11) is 0. The molecule has 2 bridgehead atoms. The number of nitrogens with zero attached hydrogens (tertiary/aromatic N) is 1. The van der Waals surface area contributed by atoms with Gasteiger partial charge in [-0.1, -0.05) is 0 Å². The monoisotopic (exact) mass is 217 g/mol. The number of fused-ring (bicyclic) bond motifs is 3. The molecule has 0 aromatic heterocycles. The zero-order chi connectivity index (χ0) is 11.1. The highest BCUT2D eigenvalue weighted by Crippen LogP contribution is 2.38. The third-order valence-electron chi connectivity index (χ3n) is 3.78. The van der Waals surface area contributed by atoms with Gasteiger partial charge in [0.05, 0.1) is 0 Å². The average molecular weight is 217 g/mol. The number of phenolic OH excluding ortho intramolecular Hbond substituents is 1. The van der Waals surface area contributed by atoms with Crippen LogP contribution in [0, 0.1) is 5.92 Å². The standard InChI is InChI=1S/C13H15NO2/c15-12-7-5-11(6-8-12)14-10-3-1-9(2-4-10)13(14)16/h5-10,15H,1-4H2. The fourth-order valence-corrected chi connectivity index (χ4v) is 2.91. The van der Waals surface area contributed by atoms with Crippen LogP contribution in [0.2, 0.25) is 0 Å². The second-order valence-electron chi connectivity index (χ2n) is 4.73. The number of phenols is 1. The highest BCUT2D eigenvalue weighted by Gasteiger charge is 2.40. The third-order valence-corrected chi connectivity index (χ3v) is 3.78. The number of anilines is 1. The molecule has 3 aliphatic rings. The number of amides is 1. The minimum Gasteiger partial charge on any atom is -0.508 e. The molecule has 1 aromatic rings. The Bertz CT molecular complexity index is 404. The van der Waals surface area contributed by atoms with Gasteiger partial charge in [0.2, 0.25) is 5.91 Å². The zero-order valence-corrected chi connectivity index (χ0v) is 9.10. The van der Waals surface area contributed by atoms with Crippen LogP contribution < -0.4 is 4.90 Å². The fraction of sp³-hybridized carbons (Fsp3) is 0.462. The number of carbonyl (C=O) groups excluding carboxylic acids is 1. The predicted octanol–water partition coefficient (Wildman–Crippen LogP) is 2.30. The molecule has 84 valence electrons. The van der Waals surface area contributed by atoms with Gasteiger partial charge in [0.1, 0.15) is 5.75 Å². The maximum atomic E-state index is 12.1. The Labute approximate surface area is 94.7 Å². The molecule has 3 fully saturated rings. The first-order valence-corrected chi connectivity index (χ1v) is 5.88. The summed E-state index contributed by atoms with van der Waals surface area (Å²) < 4.78 is 0. The predicted molar refractivity (Wildman–Crippen MR) is 61.3 cm³/mol. The molecular formula is C13H15NO2. The summed E-state index contributed by atoms with van der Waals surface area (Å²) in [5.41, 5.74) is 0.928. The Balaban J connectivity index is 1.94. The van der Waals surface area contributed by atoms with Gasteiger partial charge in [0, 0.05) is 17.6 Å². The van der Waals surface area contributed by atoms with Gasteiger partial charge in [-0.2, -0.15) is 0 Å². The lowest BCUT2D eigenvalue weighted by atomic mass is 9.79. The van der Waals surface area contributed by atoms with Gasteiger partial charge in [-0.25, -0.2) is 0 Å². The molecule has 1 amide bonds. The molecule has 1 aliphatic carbocycles. The molecular weight excluding hydrogens is 202 g/mol. The second kappa shape index (κ2) is 3.51. The van der Waals surface area contributed by atoms with Crippen molar-refractivity contribution in [3.63, 3.8) is 0 Å². The van der Waals surface area contributed by atoms with E-state index in [0.717, 1.165) is 31.4 Å². The van der Waals surface area contributed by atoms with E-state index in [1.54, 1.807) is 12.1 Å². The van der Waals surface area contributed by atoms with Crippen LogP contribution in [0.5, 0.6) is 5.75 Å². The largest absolute Gasteiger partial charge is 0.508 e. The topological polar surface area (TPSA) is 40.5 Å². The van der Waals surface area contributed by atoms with Gasteiger partial charge in [-0.3, -0.25) is 4.79 Å². The summed E-state index contributed by atoms with van der Waals surface area (Å²) in [6, 6.07) is 7.32. The first-order valence-electron chi connectivity index (χ1n) is 5.88. The summed E-state index contributed by atoms with van der Waals surface area (Å²) in [5.74, 6) is 0.755. The van der Waals surface area contributed by atoms with Crippen molar-refractivity contribution < 1.29 is 9.90 Å². The molecule has 0 unspecified atom stereocenters. The van der Waals surface area contributed by atoms with Crippen molar-refractivity contribution in [2.45, 2.75) is 31.7 Å². The first kappa shape index (κ1) is 9.70. The van der Waals surface area contributed by atoms with Crippen LogP contribution in [-0.4, -0.2) is 17.1 Å². The Kier molecular flexibility index (Phi) is 2.13. The Morgan fingerprint density at radius 3 is 2.25 bits per heavy atom. The van der Waals surface area contributed by atoms with Crippen LogP contribution in [0.3, 0.4) is 0 Å². The molecule has 2 aliphatic heterocycles. The molecule has 1 saturated carbocycles. The van der Waals surface area contributed by atoms with E-state index in [-0.39, 0.29) is 17.6 Å². The van der Waals surface area contributed by atoms with E-state index in [1.807, 2.05) is 17.0 Å². The Morgan fingerprint density at radius 2 is 1.69 bits per heavy atom. The van der Waals surface area contributed by atoms with Crippen LogP contribution >= 0.6 is 0 Å². The number of hydrogen-bond acceptors (Lipinski definition) is 2. The summed E-state index contributed by atoms with van der Waals surface area (Å²) in [5, 5.41) is 9.25. The van der Waals surface area contributed by atoms with Crippen LogP contribution in [0.1, 0.15) is 25.7 Å². The molecule has 3 heteroatoms. The van der Waals surface area contributed by atoms with E-state index in [4.69, 9.17) is 0 Å². The minimum atomic E-state index is 0.235. The number of rotatable bonds is 1. The van der Waals surface area contributed by atoms with Gasteiger partial charge >= 0.3 is 0 Å². The summed E-state index contributed by atoms with van der Waals surface area (Å²) in [6.07, 6.45) is 4.35. The molecule has 1 N–H and O–H groups in total. The van der Waals surface area contributed by atoms with Crippen molar-refractivity contribution in [3.05, 3.63) is 24.3 Å². The Morgan fingerprint density at radius 1 is 1.06 bits per heavy atom. The van der Waals surface area contributed by atoms with Gasteiger partial charge < -0.3 is 10.0 Å². The smallest absolute Gasteiger partial charge is 0.230 e. The lowest BCUT2D eigenvalue weighted by molar-refractivity contribution is -0.126.